The molecule has 1 amide bonds. The molecule has 0 aliphatic carbocycles. The molecule has 0 spiro atoms. The number of rotatable bonds is 8. The number of methoxy groups -OCH3 is 1. The van der Waals surface area contributed by atoms with E-state index >= 15 is 0 Å². The minimum absolute atomic E-state index is 0.0496. The number of carbonyl (C=O) groups excluding carboxylic acids is 1. The van der Waals surface area contributed by atoms with Crippen molar-refractivity contribution in [3.05, 3.63) is 50.2 Å². The third kappa shape index (κ3) is 4.23. The Hall–Kier alpha value is -2.61. The number of nitro benzene ring substituents is 1. The number of nitrogens with one attached hydrogen (secondary N) is 1. The summed E-state index contributed by atoms with van der Waals surface area (Å²) in [5, 5.41) is 15.9. The molecule has 7 nitrogen and oxygen atoms in total. The van der Waals surface area contributed by atoms with Gasteiger partial charge in [0.1, 0.15) is 5.56 Å². The largest absolute Gasteiger partial charge is 0.493 e. The summed E-state index contributed by atoms with van der Waals surface area (Å²) in [7, 11) is 1.42. The Morgan fingerprint density at radius 3 is 2.75 bits per heavy atom. The fourth-order valence-electron chi connectivity index (χ4n) is 2.16. The zero-order valence-corrected chi connectivity index (χ0v) is 14.2. The molecule has 8 heteroatoms. The van der Waals surface area contributed by atoms with Crippen molar-refractivity contribution < 1.29 is 19.2 Å². The van der Waals surface area contributed by atoms with E-state index in [1.54, 1.807) is 18.3 Å². The van der Waals surface area contributed by atoms with E-state index in [0.717, 1.165) is 4.88 Å². The number of ether oxygens (including phenoxy) is 2. The van der Waals surface area contributed by atoms with Gasteiger partial charge in [0.2, 0.25) is 0 Å². The Morgan fingerprint density at radius 2 is 2.17 bits per heavy atom. The highest BCUT2D eigenvalue weighted by Crippen LogP contribution is 2.34. The smallest absolute Gasteiger partial charge is 0.286 e. The molecule has 1 heterocycles. The van der Waals surface area contributed by atoms with E-state index in [0.29, 0.717) is 19.6 Å². The molecule has 0 bridgehead atoms. The highest BCUT2D eigenvalue weighted by Gasteiger charge is 2.24. The quantitative estimate of drug-likeness (QED) is 0.584. The molecule has 0 aliphatic heterocycles. The minimum Gasteiger partial charge on any atom is -0.493 e. The monoisotopic (exact) mass is 350 g/mol. The number of carbonyl (C=O) groups is 1. The van der Waals surface area contributed by atoms with Crippen LogP contribution in [0, 0.1) is 10.1 Å². The molecular formula is C16H18N2O5S. The van der Waals surface area contributed by atoms with Crippen LogP contribution in [0.5, 0.6) is 11.5 Å². The summed E-state index contributed by atoms with van der Waals surface area (Å²) >= 11 is 1.60. The standard InChI is InChI=1S/C16H18N2O5S/c1-3-23-15-10-13(18(20)21)12(9-14(15)22-2)16(19)17-7-6-11-5-4-8-24-11/h4-5,8-10H,3,6-7H2,1-2H3,(H,17,19). The fraction of sp³-hybridized carbons (Fsp3) is 0.312. The number of amides is 1. The molecule has 0 unspecified atom stereocenters. The maximum atomic E-state index is 12.3. The molecule has 2 rings (SSSR count). The number of nitrogens with zero attached hydrogens (tertiary/aromatic N) is 1. The first kappa shape index (κ1) is 17.7. The van der Waals surface area contributed by atoms with E-state index < -0.39 is 10.8 Å². The summed E-state index contributed by atoms with van der Waals surface area (Å²) in [6.07, 6.45) is 0.672. The summed E-state index contributed by atoms with van der Waals surface area (Å²) in [4.78, 5) is 24.1. The van der Waals surface area contributed by atoms with Crippen LogP contribution in [0.15, 0.2) is 29.6 Å². The molecule has 1 aromatic carbocycles. The topological polar surface area (TPSA) is 90.7 Å². The Bertz CT molecular complexity index is 716. The van der Waals surface area contributed by atoms with E-state index in [4.69, 9.17) is 9.47 Å². The van der Waals surface area contributed by atoms with Gasteiger partial charge < -0.3 is 14.8 Å². The fourth-order valence-corrected chi connectivity index (χ4v) is 2.87. The first-order valence-electron chi connectivity index (χ1n) is 7.36. The van der Waals surface area contributed by atoms with Crippen LogP contribution in [0.4, 0.5) is 5.69 Å². The van der Waals surface area contributed by atoms with Gasteiger partial charge in [0.25, 0.3) is 11.6 Å². The van der Waals surface area contributed by atoms with E-state index in [9.17, 15) is 14.9 Å². The molecule has 0 radical (unpaired) electrons. The van der Waals surface area contributed by atoms with Crippen LogP contribution in [0.3, 0.4) is 0 Å². The average molecular weight is 350 g/mol. The van der Waals surface area contributed by atoms with Crippen molar-refractivity contribution in [2.75, 3.05) is 20.3 Å². The molecule has 128 valence electrons. The Kier molecular flexibility index (Phi) is 6.14. The number of hydrogen-bond acceptors (Lipinski definition) is 6. The molecular weight excluding hydrogens is 332 g/mol. The van der Waals surface area contributed by atoms with Gasteiger partial charge in [-0.25, -0.2) is 0 Å². The lowest BCUT2D eigenvalue weighted by atomic mass is 10.1. The molecule has 0 saturated heterocycles. The first-order valence-corrected chi connectivity index (χ1v) is 8.24. The summed E-state index contributed by atoms with van der Waals surface area (Å²) in [6.45, 7) is 2.49. The van der Waals surface area contributed by atoms with Crippen LogP contribution in [0.1, 0.15) is 22.2 Å². The Labute approximate surface area is 143 Å². The van der Waals surface area contributed by atoms with Crippen molar-refractivity contribution in [2.24, 2.45) is 0 Å². The van der Waals surface area contributed by atoms with Crippen molar-refractivity contribution >= 4 is 22.9 Å². The predicted octanol–water partition coefficient (Wildman–Crippen LogP) is 3.04. The molecule has 2 aromatic rings. The van der Waals surface area contributed by atoms with Crippen LogP contribution < -0.4 is 14.8 Å². The van der Waals surface area contributed by atoms with Crippen LogP contribution in [-0.2, 0) is 6.42 Å². The van der Waals surface area contributed by atoms with Crippen molar-refractivity contribution in [3.8, 4) is 11.5 Å². The lowest BCUT2D eigenvalue weighted by Gasteiger charge is -2.12. The number of benzene rings is 1. The lowest BCUT2D eigenvalue weighted by Crippen LogP contribution is -2.26. The van der Waals surface area contributed by atoms with Crippen molar-refractivity contribution in [1.82, 2.24) is 5.32 Å². The van der Waals surface area contributed by atoms with Gasteiger partial charge in [0, 0.05) is 17.5 Å². The Balaban J connectivity index is 2.19. The van der Waals surface area contributed by atoms with Crippen LogP contribution in [0.2, 0.25) is 0 Å². The molecule has 0 atom stereocenters. The summed E-state index contributed by atoms with van der Waals surface area (Å²) in [6, 6.07) is 6.46. The van der Waals surface area contributed by atoms with Gasteiger partial charge in [0.15, 0.2) is 11.5 Å². The van der Waals surface area contributed by atoms with Crippen LogP contribution >= 0.6 is 11.3 Å². The molecule has 0 saturated carbocycles. The van der Waals surface area contributed by atoms with Crippen molar-refractivity contribution in [1.29, 1.82) is 0 Å². The molecule has 1 N–H and O–H groups in total. The number of nitro groups is 1. The second kappa shape index (κ2) is 8.30. The zero-order chi connectivity index (χ0) is 17.5. The second-order valence-corrected chi connectivity index (χ2v) is 5.83. The summed E-state index contributed by atoms with van der Waals surface area (Å²) in [5.41, 5.74) is -0.362. The maximum Gasteiger partial charge on any atom is 0.286 e. The maximum absolute atomic E-state index is 12.3. The molecule has 0 aliphatic rings. The average Bonchev–Trinajstić information content (AvgIpc) is 3.07. The van der Waals surface area contributed by atoms with Gasteiger partial charge in [-0.1, -0.05) is 6.07 Å². The van der Waals surface area contributed by atoms with Crippen LogP contribution in [0.25, 0.3) is 0 Å². The van der Waals surface area contributed by atoms with E-state index in [2.05, 4.69) is 5.32 Å². The van der Waals surface area contributed by atoms with Gasteiger partial charge in [-0.05, 0) is 24.8 Å². The predicted molar refractivity (Wildman–Crippen MR) is 91.2 cm³/mol. The van der Waals surface area contributed by atoms with Gasteiger partial charge in [-0.15, -0.1) is 11.3 Å². The third-order valence-corrected chi connectivity index (χ3v) is 4.20. The first-order chi connectivity index (χ1) is 11.6. The number of hydrogen-bond donors (Lipinski definition) is 1. The summed E-state index contributed by atoms with van der Waals surface area (Å²) in [5.74, 6) is 0.00676. The highest BCUT2D eigenvalue weighted by atomic mass is 32.1. The second-order valence-electron chi connectivity index (χ2n) is 4.80. The van der Waals surface area contributed by atoms with Crippen LogP contribution in [-0.4, -0.2) is 31.1 Å². The summed E-state index contributed by atoms with van der Waals surface area (Å²) < 4.78 is 10.5. The highest BCUT2D eigenvalue weighted by molar-refractivity contribution is 7.09. The molecule has 24 heavy (non-hydrogen) atoms. The zero-order valence-electron chi connectivity index (χ0n) is 13.4. The van der Waals surface area contributed by atoms with Gasteiger partial charge in [-0.3, -0.25) is 14.9 Å². The SMILES string of the molecule is CCOc1cc([N+](=O)[O-])c(C(=O)NCCc2cccs2)cc1OC. The van der Waals surface area contributed by atoms with E-state index in [-0.39, 0.29) is 22.7 Å². The van der Waals surface area contributed by atoms with E-state index in [1.165, 1.54) is 19.2 Å². The van der Waals surface area contributed by atoms with Gasteiger partial charge in [0.05, 0.1) is 24.7 Å². The minimum atomic E-state index is -0.601. The molecule has 1 aromatic heterocycles. The van der Waals surface area contributed by atoms with Crippen molar-refractivity contribution in [2.45, 2.75) is 13.3 Å². The molecule has 0 fully saturated rings. The normalized spacial score (nSPS) is 10.2. The van der Waals surface area contributed by atoms with Crippen molar-refractivity contribution in [3.63, 3.8) is 0 Å². The third-order valence-electron chi connectivity index (χ3n) is 3.26. The number of thiophene rings is 1. The van der Waals surface area contributed by atoms with Gasteiger partial charge in [-0.2, -0.15) is 0 Å². The van der Waals surface area contributed by atoms with Gasteiger partial charge >= 0.3 is 0 Å². The van der Waals surface area contributed by atoms with E-state index in [1.807, 2.05) is 17.5 Å². The Morgan fingerprint density at radius 1 is 1.38 bits per heavy atom. The lowest BCUT2D eigenvalue weighted by molar-refractivity contribution is -0.385.